The zero-order chi connectivity index (χ0) is 12.4. The minimum atomic E-state index is -1.27. The lowest BCUT2D eigenvalue weighted by molar-refractivity contribution is 0.0762. The average Bonchev–Trinajstić information content (AvgIpc) is 2.58. The van der Waals surface area contributed by atoms with E-state index in [9.17, 15) is 4.79 Å². The summed E-state index contributed by atoms with van der Waals surface area (Å²) < 4.78 is 10.1. The van der Waals surface area contributed by atoms with Crippen LogP contribution in [0.1, 0.15) is 16.5 Å². The third kappa shape index (κ3) is 2.77. The normalized spacial score (nSPS) is 20.7. The summed E-state index contributed by atoms with van der Waals surface area (Å²) in [6.07, 6.45) is -0.383. The van der Waals surface area contributed by atoms with Gasteiger partial charge >= 0.3 is 6.16 Å². The smallest absolute Gasteiger partial charge is 0.449 e. The van der Waals surface area contributed by atoms with E-state index in [-0.39, 0.29) is 6.10 Å². The van der Waals surface area contributed by atoms with Crippen molar-refractivity contribution in [1.29, 1.82) is 0 Å². The van der Waals surface area contributed by atoms with Crippen molar-refractivity contribution in [2.45, 2.75) is 12.5 Å². The van der Waals surface area contributed by atoms with E-state index in [1.165, 1.54) is 11.3 Å². The van der Waals surface area contributed by atoms with Crippen LogP contribution in [0.15, 0.2) is 6.07 Å². The van der Waals surface area contributed by atoms with E-state index < -0.39 is 6.16 Å². The third-order valence-electron chi connectivity index (χ3n) is 2.84. The van der Waals surface area contributed by atoms with Gasteiger partial charge in [-0.2, -0.15) is 0 Å². The lowest BCUT2D eigenvalue weighted by Crippen LogP contribution is -2.24. The number of hydrogen-bond acceptors (Lipinski definition) is 5. The van der Waals surface area contributed by atoms with Gasteiger partial charge in [0.2, 0.25) is 0 Å². The van der Waals surface area contributed by atoms with E-state index in [0.29, 0.717) is 5.06 Å². The first-order valence-corrected chi connectivity index (χ1v) is 6.16. The van der Waals surface area contributed by atoms with Crippen LogP contribution in [0.5, 0.6) is 5.06 Å². The summed E-state index contributed by atoms with van der Waals surface area (Å²) in [7, 11) is 3.72. The zero-order valence-electron chi connectivity index (χ0n) is 9.80. The largest absolute Gasteiger partial charge is 0.512 e. The summed E-state index contributed by atoms with van der Waals surface area (Å²) in [5.74, 6) is 0. The summed E-state index contributed by atoms with van der Waals surface area (Å²) in [4.78, 5) is 13.9. The molecule has 0 aliphatic carbocycles. The molecule has 0 fully saturated rings. The summed E-state index contributed by atoms with van der Waals surface area (Å²) in [5, 5.41) is 9.02. The van der Waals surface area contributed by atoms with Crippen molar-refractivity contribution in [3.63, 3.8) is 0 Å². The molecule has 17 heavy (non-hydrogen) atoms. The van der Waals surface area contributed by atoms with E-state index in [0.717, 1.165) is 30.0 Å². The molecule has 6 heteroatoms. The molecule has 0 aromatic carbocycles. The fourth-order valence-electron chi connectivity index (χ4n) is 1.99. The molecular formula is C11H15NO4S. The molecule has 1 aliphatic rings. The Kier molecular flexibility index (Phi) is 3.66. The van der Waals surface area contributed by atoms with Gasteiger partial charge in [0.15, 0.2) is 5.06 Å². The third-order valence-corrected chi connectivity index (χ3v) is 3.93. The topological polar surface area (TPSA) is 59.0 Å². The van der Waals surface area contributed by atoms with E-state index in [1.807, 2.05) is 0 Å². The Labute approximate surface area is 104 Å². The number of rotatable bonds is 2. The number of ether oxygens (including phenoxy) is 2. The Morgan fingerprint density at radius 3 is 3.06 bits per heavy atom. The molecule has 94 valence electrons. The first-order chi connectivity index (χ1) is 8.10. The van der Waals surface area contributed by atoms with Crippen LogP contribution in [0, 0.1) is 0 Å². The first-order valence-electron chi connectivity index (χ1n) is 5.35. The van der Waals surface area contributed by atoms with Crippen LogP contribution in [0.25, 0.3) is 0 Å². The maximum Gasteiger partial charge on any atom is 0.512 e. The fraction of sp³-hybridized carbons (Fsp3) is 0.545. The van der Waals surface area contributed by atoms with Crippen molar-refractivity contribution < 1.29 is 19.4 Å². The molecule has 0 radical (unpaired) electrons. The van der Waals surface area contributed by atoms with Crippen molar-refractivity contribution in [3.8, 4) is 5.06 Å². The number of carboxylic acid groups (broad SMARTS) is 1. The Hall–Kier alpha value is -1.11. The molecule has 1 aliphatic heterocycles. The lowest BCUT2D eigenvalue weighted by Gasteiger charge is -2.18. The highest BCUT2D eigenvalue weighted by molar-refractivity contribution is 7.14. The molecule has 5 nitrogen and oxygen atoms in total. The Bertz CT molecular complexity index is 418. The second kappa shape index (κ2) is 5.03. The van der Waals surface area contributed by atoms with Gasteiger partial charge in [0.25, 0.3) is 0 Å². The van der Waals surface area contributed by atoms with Gasteiger partial charge in [0.05, 0.1) is 6.10 Å². The van der Waals surface area contributed by atoms with Gasteiger partial charge in [-0.1, -0.05) is 0 Å². The van der Waals surface area contributed by atoms with Gasteiger partial charge in [-0.05, 0) is 25.1 Å². The van der Waals surface area contributed by atoms with Gasteiger partial charge in [0.1, 0.15) is 0 Å². The van der Waals surface area contributed by atoms with Crippen molar-refractivity contribution in [2.75, 3.05) is 27.2 Å². The summed E-state index contributed by atoms with van der Waals surface area (Å²) in [6, 6.07) is 1.78. The molecule has 0 saturated heterocycles. The van der Waals surface area contributed by atoms with Crippen LogP contribution >= 0.6 is 11.3 Å². The molecule has 1 unspecified atom stereocenters. The minimum Gasteiger partial charge on any atom is -0.449 e. The Morgan fingerprint density at radius 2 is 2.41 bits per heavy atom. The molecule has 1 aromatic rings. The van der Waals surface area contributed by atoms with Gasteiger partial charge in [-0.3, -0.25) is 0 Å². The van der Waals surface area contributed by atoms with Crippen molar-refractivity contribution in [3.05, 3.63) is 16.5 Å². The highest BCUT2D eigenvalue weighted by Crippen LogP contribution is 2.36. The number of nitrogens with zero attached hydrogens (tertiary/aromatic N) is 1. The van der Waals surface area contributed by atoms with Crippen molar-refractivity contribution >= 4 is 17.5 Å². The molecule has 0 spiro atoms. The predicted molar refractivity (Wildman–Crippen MR) is 63.9 cm³/mol. The number of methoxy groups -OCH3 is 1. The van der Waals surface area contributed by atoms with E-state index >= 15 is 0 Å². The number of fused-ring (bicyclic) bond motifs is 1. The van der Waals surface area contributed by atoms with Crippen molar-refractivity contribution in [1.82, 2.24) is 4.90 Å². The Morgan fingerprint density at radius 1 is 1.65 bits per heavy atom. The molecule has 1 N–H and O–H groups in total. The van der Waals surface area contributed by atoms with E-state index in [4.69, 9.17) is 14.6 Å². The molecule has 2 heterocycles. The molecule has 0 amide bonds. The van der Waals surface area contributed by atoms with Crippen LogP contribution < -0.4 is 4.74 Å². The van der Waals surface area contributed by atoms with Crippen LogP contribution in [0.4, 0.5) is 4.79 Å². The average molecular weight is 257 g/mol. The lowest BCUT2D eigenvalue weighted by atomic mass is 10.1. The molecule has 1 aromatic heterocycles. The van der Waals surface area contributed by atoms with Gasteiger partial charge < -0.3 is 19.5 Å². The summed E-state index contributed by atoms with van der Waals surface area (Å²) in [5.41, 5.74) is 1.05. The quantitative estimate of drug-likeness (QED) is 0.821. The van der Waals surface area contributed by atoms with Crippen LogP contribution in [0.3, 0.4) is 0 Å². The molecular weight excluding hydrogens is 242 g/mol. The minimum absolute atomic E-state index is 0.0140. The summed E-state index contributed by atoms with van der Waals surface area (Å²) in [6.45, 7) is 1.76. The number of thiophene rings is 1. The van der Waals surface area contributed by atoms with Crippen LogP contribution in [-0.2, 0) is 11.2 Å². The SMILES string of the molecule is COC1CN(C)CCc2sc(OC(=O)O)cc21. The monoisotopic (exact) mass is 257 g/mol. The molecule has 1 atom stereocenters. The predicted octanol–water partition coefficient (Wildman–Crippen LogP) is 1.98. The standard InChI is InChI=1S/C11H15NO4S/c1-12-4-3-9-7(8(6-12)15-2)5-10(17-9)16-11(13)14/h5,8H,3-4,6H2,1-2H3,(H,13,14). The second-order valence-corrected chi connectivity index (χ2v) is 5.15. The number of carbonyl (C=O) groups is 1. The maximum atomic E-state index is 10.5. The van der Waals surface area contributed by atoms with Crippen LogP contribution in [0.2, 0.25) is 0 Å². The fourth-order valence-corrected chi connectivity index (χ4v) is 3.03. The molecule has 0 bridgehead atoms. The second-order valence-electron chi connectivity index (χ2n) is 4.05. The molecule has 0 saturated carbocycles. The highest BCUT2D eigenvalue weighted by atomic mass is 32.1. The van der Waals surface area contributed by atoms with Gasteiger partial charge in [-0.15, -0.1) is 11.3 Å². The highest BCUT2D eigenvalue weighted by Gasteiger charge is 2.24. The number of likely N-dealkylation sites (N-methyl/N-ethyl adjacent to an activating group) is 1. The van der Waals surface area contributed by atoms with Crippen molar-refractivity contribution in [2.24, 2.45) is 0 Å². The van der Waals surface area contributed by atoms with E-state index in [2.05, 4.69) is 11.9 Å². The number of hydrogen-bond donors (Lipinski definition) is 1. The zero-order valence-corrected chi connectivity index (χ0v) is 10.6. The van der Waals surface area contributed by atoms with Crippen LogP contribution in [-0.4, -0.2) is 43.4 Å². The first kappa shape index (κ1) is 12.3. The van der Waals surface area contributed by atoms with Gasteiger partial charge in [-0.25, -0.2) is 4.79 Å². The summed E-state index contributed by atoms with van der Waals surface area (Å²) >= 11 is 1.39. The van der Waals surface area contributed by atoms with Gasteiger partial charge in [0, 0.05) is 25.1 Å². The van der Waals surface area contributed by atoms with E-state index in [1.54, 1.807) is 13.2 Å². The Balaban J connectivity index is 2.26. The molecule has 2 rings (SSSR count). The maximum absolute atomic E-state index is 10.5.